The number of nitrogens with one attached hydrogen (secondary N) is 1. The summed E-state index contributed by atoms with van der Waals surface area (Å²) in [5, 5.41) is 16.6. The van der Waals surface area contributed by atoms with Gasteiger partial charge >= 0.3 is 0 Å². The number of hydrogen-bond donors (Lipinski definition) is 1. The van der Waals surface area contributed by atoms with Gasteiger partial charge < -0.3 is 5.32 Å². The largest absolute Gasteiger partial charge is 0.310 e. The Hall–Kier alpha value is -3.58. The fourth-order valence-electron chi connectivity index (χ4n) is 4.01. The molecule has 0 aliphatic carbocycles. The molecular weight excluding hydrogens is 412 g/mol. The van der Waals surface area contributed by atoms with Gasteiger partial charge in [0.25, 0.3) is 5.95 Å². The third kappa shape index (κ3) is 3.57. The van der Waals surface area contributed by atoms with Gasteiger partial charge in [-0.3, -0.25) is 4.79 Å². The Morgan fingerprint density at radius 2 is 1.94 bits per heavy atom. The molecule has 3 heterocycles. The number of rotatable bonds is 3. The monoisotopic (exact) mass is 430 g/mol. The number of hydrogen-bond acceptors (Lipinski definition) is 5. The van der Waals surface area contributed by atoms with Gasteiger partial charge in [-0.15, -0.1) is 5.10 Å². The second-order valence-electron chi connectivity index (χ2n) is 7.63. The van der Waals surface area contributed by atoms with Crippen LogP contribution in [-0.2, 0) is 4.79 Å². The maximum Gasteiger partial charge on any atom is 0.272 e. The summed E-state index contributed by atoms with van der Waals surface area (Å²) in [6, 6.07) is 15.6. The Labute approximate surface area is 184 Å². The van der Waals surface area contributed by atoms with Gasteiger partial charge in [0.05, 0.1) is 17.6 Å². The second-order valence-corrected chi connectivity index (χ2v) is 8.06. The van der Waals surface area contributed by atoms with Crippen LogP contribution in [0.3, 0.4) is 0 Å². The van der Waals surface area contributed by atoms with Gasteiger partial charge in [-0.25, -0.2) is 4.98 Å². The van der Waals surface area contributed by atoms with Gasteiger partial charge in [0, 0.05) is 28.5 Å². The molecule has 8 heteroatoms. The normalized spacial score (nSPS) is 15.5. The highest BCUT2D eigenvalue weighted by Gasteiger charge is 2.33. The summed E-state index contributed by atoms with van der Waals surface area (Å²) in [5.74, 6) is 0.740. The number of carbonyl (C=O) groups is 1. The maximum absolute atomic E-state index is 12.6. The molecule has 2 aromatic carbocycles. The van der Waals surface area contributed by atoms with Crippen LogP contribution < -0.4 is 5.32 Å². The minimum Gasteiger partial charge on any atom is -0.310 e. The third-order valence-electron chi connectivity index (χ3n) is 5.42. The van der Waals surface area contributed by atoms with E-state index in [1.807, 2.05) is 38.1 Å². The van der Waals surface area contributed by atoms with Crippen molar-refractivity contribution < 1.29 is 4.79 Å². The minimum atomic E-state index is -0.0789. The number of nitrogens with zero attached hydrogens (tertiary/aromatic N) is 5. The predicted molar refractivity (Wildman–Crippen MR) is 118 cm³/mol. The lowest BCUT2D eigenvalue weighted by Gasteiger charge is -2.24. The Morgan fingerprint density at radius 3 is 2.71 bits per heavy atom. The summed E-state index contributed by atoms with van der Waals surface area (Å²) in [6.07, 6.45) is 1.95. The van der Waals surface area contributed by atoms with Crippen molar-refractivity contribution >= 4 is 23.3 Å². The van der Waals surface area contributed by atoms with E-state index in [2.05, 4.69) is 37.7 Å². The summed E-state index contributed by atoms with van der Waals surface area (Å²) in [4.78, 5) is 17.2. The van der Waals surface area contributed by atoms with Crippen LogP contribution in [0.15, 0.2) is 54.7 Å². The lowest BCUT2D eigenvalue weighted by Crippen LogP contribution is -2.25. The summed E-state index contributed by atoms with van der Waals surface area (Å²) >= 11 is 5.99. The van der Waals surface area contributed by atoms with Crippen LogP contribution in [-0.4, -0.2) is 30.9 Å². The van der Waals surface area contributed by atoms with E-state index in [0.717, 1.165) is 27.9 Å². The highest BCUT2D eigenvalue weighted by molar-refractivity contribution is 6.30. The van der Waals surface area contributed by atoms with Crippen molar-refractivity contribution in [3.8, 4) is 17.2 Å². The second kappa shape index (κ2) is 7.59. The van der Waals surface area contributed by atoms with Crippen molar-refractivity contribution in [3.05, 3.63) is 82.1 Å². The number of amides is 1. The molecule has 1 amide bonds. The zero-order valence-corrected chi connectivity index (χ0v) is 17.8. The van der Waals surface area contributed by atoms with E-state index in [-0.39, 0.29) is 11.8 Å². The van der Waals surface area contributed by atoms with E-state index < -0.39 is 0 Å². The smallest absolute Gasteiger partial charge is 0.272 e. The number of anilines is 1. The molecule has 1 N–H and O–H groups in total. The molecule has 0 fully saturated rings. The standard InChI is InChI=1S/C23H19ClN6O/c1-13-4-3-5-16(10-13)18-11-20(31)27-22-21(18)14(2)29-30(22)23-26-19(12-25-28-23)15-6-8-17(24)9-7-15/h3-10,12,18H,11H2,1-2H3,(H,27,31). The van der Waals surface area contributed by atoms with E-state index in [1.54, 1.807) is 23.0 Å². The zero-order chi connectivity index (χ0) is 21.5. The van der Waals surface area contributed by atoms with Gasteiger partial charge in [0.15, 0.2) is 0 Å². The van der Waals surface area contributed by atoms with Gasteiger partial charge in [0.1, 0.15) is 5.82 Å². The summed E-state index contributed by atoms with van der Waals surface area (Å²) < 4.78 is 1.57. The average Bonchev–Trinajstić information content (AvgIpc) is 3.10. The van der Waals surface area contributed by atoms with Crippen LogP contribution in [0.1, 0.15) is 34.7 Å². The fourth-order valence-corrected chi connectivity index (χ4v) is 4.13. The first-order valence-electron chi connectivity index (χ1n) is 9.91. The molecule has 4 aromatic rings. The molecule has 154 valence electrons. The molecule has 0 radical (unpaired) electrons. The molecule has 7 nitrogen and oxygen atoms in total. The molecule has 1 atom stereocenters. The maximum atomic E-state index is 12.6. The highest BCUT2D eigenvalue weighted by Crippen LogP contribution is 2.40. The first-order chi connectivity index (χ1) is 15.0. The van der Waals surface area contributed by atoms with Crippen LogP contribution in [0.5, 0.6) is 0 Å². The first kappa shape index (κ1) is 19.4. The van der Waals surface area contributed by atoms with E-state index in [0.29, 0.717) is 28.9 Å². The average molecular weight is 431 g/mol. The van der Waals surface area contributed by atoms with Gasteiger partial charge in [-0.05, 0) is 31.5 Å². The first-order valence-corrected chi connectivity index (χ1v) is 10.3. The molecule has 1 aliphatic heterocycles. The zero-order valence-electron chi connectivity index (χ0n) is 17.0. The van der Waals surface area contributed by atoms with Crippen LogP contribution in [0.4, 0.5) is 5.82 Å². The van der Waals surface area contributed by atoms with Crippen molar-refractivity contribution in [1.82, 2.24) is 25.0 Å². The van der Waals surface area contributed by atoms with Crippen molar-refractivity contribution in [2.45, 2.75) is 26.2 Å². The van der Waals surface area contributed by atoms with Crippen molar-refractivity contribution in [2.75, 3.05) is 5.32 Å². The number of aromatic nitrogens is 5. The lowest BCUT2D eigenvalue weighted by atomic mass is 9.85. The quantitative estimate of drug-likeness (QED) is 0.518. The topological polar surface area (TPSA) is 85.6 Å². The molecule has 0 saturated heterocycles. The molecule has 5 rings (SSSR count). The van der Waals surface area contributed by atoms with Gasteiger partial charge in [0.2, 0.25) is 5.91 Å². The van der Waals surface area contributed by atoms with E-state index in [1.165, 1.54) is 0 Å². The van der Waals surface area contributed by atoms with Crippen molar-refractivity contribution in [3.63, 3.8) is 0 Å². The van der Waals surface area contributed by atoms with Crippen molar-refractivity contribution in [1.29, 1.82) is 0 Å². The summed E-state index contributed by atoms with van der Waals surface area (Å²) in [5.41, 5.74) is 5.54. The number of aryl methyl sites for hydroxylation is 2. The Balaban J connectivity index is 1.61. The summed E-state index contributed by atoms with van der Waals surface area (Å²) in [6.45, 7) is 3.98. The number of halogens is 1. The molecule has 2 aromatic heterocycles. The van der Waals surface area contributed by atoms with E-state index in [9.17, 15) is 4.79 Å². The number of carbonyl (C=O) groups excluding carboxylic acids is 1. The van der Waals surface area contributed by atoms with Gasteiger partial charge in [-0.2, -0.15) is 14.9 Å². The van der Waals surface area contributed by atoms with Gasteiger partial charge in [-0.1, -0.05) is 53.6 Å². The highest BCUT2D eigenvalue weighted by atomic mass is 35.5. The molecule has 0 saturated carbocycles. The Kier molecular flexibility index (Phi) is 4.75. The number of benzene rings is 2. The molecule has 0 spiro atoms. The van der Waals surface area contributed by atoms with Crippen LogP contribution in [0.2, 0.25) is 5.02 Å². The van der Waals surface area contributed by atoms with E-state index in [4.69, 9.17) is 11.6 Å². The third-order valence-corrected chi connectivity index (χ3v) is 5.68. The lowest BCUT2D eigenvalue weighted by molar-refractivity contribution is -0.116. The minimum absolute atomic E-state index is 0.0676. The molecule has 1 aliphatic rings. The molecule has 31 heavy (non-hydrogen) atoms. The van der Waals surface area contributed by atoms with Crippen LogP contribution in [0, 0.1) is 13.8 Å². The molecule has 1 unspecified atom stereocenters. The Morgan fingerprint density at radius 1 is 1.13 bits per heavy atom. The van der Waals surface area contributed by atoms with E-state index >= 15 is 0 Å². The SMILES string of the molecule is Cc1cccc(C2CC(=O)Nc3c2c(C)nn3-c2nncc(-c3ccc(Cl)cc3)n2)c1. The molecular formula is C23H19ClN6O. The Bertz CT molecular complexity index is 1300. The summed E-state index contributed by atoms with van der Waals surface area (Å²) in [7, 11) is 0. The molecule has 0 bridgehead atoms. The van der Waals surface area contributed by atoms with Crippen molar-refractivity contribution in [2.24, 2.45) is 0 Å². The van der Waals surface area contributed by atoms with Crippen LogP contribution >= 0.6 is 11.6 Å². The predicted octanol–water partition coefficient (Wildman–Crippen LogP) is 4.47. The fraction of sp³-hybridized carbons (Fsp3) is 0.174. The number of fused-ring (bicyclic) bond motifs is 1. The van der Waals surface area contributed by atoms with Crippen LogP contribution in [0.25, 0.3) is 17.2 Å².